The maximum absolute atomic E-state index is 12.4. The summed E-state index contributed by atoms with van der Waals surface area (Å²) in [7, 11) is 1.95. The Morgan fingerprint density at radius 2 is 2.15 bits per heavy atom. The second-order valence-electron chi connectivity index (χ2n) is 7.09. The van der Waals surface area contributed by atoms with Crippen LogP contribution in [0.2, 0.25) is 0 Å². The quantitative estimate of drug-likeness (QED) is 0.824. The van der Waals surface area contributed by atoms with Crippen LogP contribution in [0, 0.1) is 5.92 Å². The molecular weight excluding hydrogens is 334 g/mol. The number of ether oxygens (including phenoxy) is 1. The first-order valence-corrected chi connectivity index (χ1v) is 9.09. The van der Waals surface area contributed by atoms with E-state index in [9.17, 15) is 4.79 Å². The smallest absolute Gasteiger partial charge is 0.315 e. The Labute approximate surface area is 153 Å². The highest BCUT2D eigenvalue weighted by molar-refractivity contribution is 5.74. The van der Waals surface area contributed by atoms with Crippen LogP contribution in [0.3, 0.4) is 0 Å². The van der Waals surface area contributed by atoms with Crippen LogP contribution in [-0.4, -0.2) is 34.0 Å². The SMILES string of the molecule is CC(C)c1noc([C@@H](NC(=O)NCc2ccn(C)c2)C2CCOCC2)n1. The molecule has 0 saturated carbocycles. The number of nitrogens with one attached hydrogen (secondary N) is 2. The summed E-state index contributed by atoms with van der Waals surface area (Å²) in [5.74, 6) is 1.51. The van der Waals surface area contributed by atoms with Gasteiger partial charge in [0.05, 0.1) is 0 Å². The number of aromatic nitrogens is 3. The molecule has 2 aromatic rings. The highest BCUT2D eigenvalue weighted by Gasteiger charge is 2.31. The second-order valence-corrected chi connectivity index (χ2v) is 7.09. The van der Waals surface area contributed by atoms with Crippen LogP contribution in [0.5, 0.6) is 0 Å². The summed E-state index contributed by atoms with van der Waals surface area (Å²) >= 11 is 0. The lowest BCUT2D eigenvalue weighted by atomic mass is 9.91. The molecule has 0 bridgehead atoms. The normalized spacial score (nSPS) is 16.6. The van der Waals surface area contributed by atoms with E-state index in [-0.39, 0.29) is 23.9 Å². The number of hydrogen-bond donors (Lipinski definition) is 2. The highest BCUT2D eigenvalue weighted by atomic mass is 16.5. The van der Waals surface area contributed by atoms with E-state index in [0.29, 0.717) is 31.5 Å². The van der Waals surface area contributed by atoms with Crippen molar-refractivity contribution in [1.29, 1.82) is 0 Å². The molecule has 0 unspecified atom stereocenters. The summed E-state index contributed by atoms with van der Waals surface area (Å²) in [6, 6.07) is 1.42. The van der Waals surface area contributed by atoms with E-state index >= 15 is 0 Å². The fraction of sp³-hybridized carbons (Fsp3) is 0.611. The van der Waals surface area contributed by atoms with Crippen molar-refractivity contribution in [3.05, 3.63) is 35.7 Å². The first kappa shape index (κ1) is 18.4. The summed E-state index contributed by atoms with van der Waals surface area (Å²) in [4.78, 5) is 16.9. The number of hydrogen-bond acceptors (Lipinski definition) is 5. The maximum atomic E-state index is 12.4. The van der Waals surface area contributed by atoms with Gasteiger partial charge in [-0.15, -0.1) is 0 Å². The van der Waals surface area contributed by atoms with Crippen LogP contribution < -0.4 is 10.6 Å². The van der Waals surface area contributed by atoms with Gasteiger partial charge in [0.2, 0.25) is 5.89 Å². The minimum atomic E-state index is -0.310. The van der Waals surface area contributed by atoms with Crippen molar-refractivity contribution in [3.8, 4) is 0 Å². The molecule has 142 valence electrons. The third kappa shape index (κ3) is 4.63. The van der Waals surface area contributed by atoms with Crippen molar-refractivity contribution in [3.63, 3.8) is 0 Å². The van der Waals surface area contributed by atoms with Gasteiger partial charge in [-0.1, -0.05) is 19.0 Å². The van der Waals surface area contributed by atoms with Gasteiger partial charge >= 0.3 is 6.03 Å². The Morgan fingerprint density at radius 1 is 1.38 bits per heavy atom. The lowest BCUT2D eigenvalue weighted by Crippen LogP contribution is -2.41. The van der Waals surface area contributed by atoms with E-state index in [1.165, 1.54) is 0 Å². The topological polar surface area (TPSA) is 94.2 Å². The van der Waals surface area contributed by atoms with Crippen LogP contribution in [0.25, 0.3) is 0 Å². The molecule has 1 atom stereocenters. The zero-order chi connectivity index (χ0) is 18.5. The first-order valence-electron chi connectivity index (χ1n) is 9.09. The molecule has 1 aliphatic heterocycles. The average Bonchev–Trinajstić information content (AvgIpc) is 3.28. The van der Waals surface area contributed by atoms with Crippen molar-refractivity contribution in [2.24, 2.45) is 13.0 Å². The number of carbonyl (C=O) groups is 1. The van der Waals surface area contributed by atoms with Crippen molar-refractivity contribution in [1.82, 2.24) is 25.3 Å². The Kier molecular flexibility index (Phi) is 5.92. The Bertz CT molecular complexity index is 718. The predicted molar refractivity (Wildman–Crippen MR) is 95.5 cm³/mol. The standard InChI is InChI=1S/C18H27N5O3/c1-12(2)16-21-17(26-22-16)15(14-5-8-25-9-6-14)20-18(24)19-10-13-4-7-23(3)11-13/h4,7,11-12,14-15H,5-6,8-10H2,1-3H3,(H2,19,20,24)/t15-/m0/s1. The Morgan fingerprint density at radius 3 is 2.77 bits per heavy atom. The third-order valence-corrected chi connectivity index (χ3v) is 4.61. The molecule has 3 heterocycles. The lowest BCUT2D eigenvalue weighted by Gasteiger charge is -2.28. The fourth-order valence-corrected chi connectivity index (χ4v) is 3.08. The van der Waals surface area contributed by atoms with Gasteiger partial charge in [0.15, 0.2) is 5.82 Å². The minimum absolute atomic E-state index is 0.176. The van der Waals surface area contributed by atoms with Gasteiger partial charge in [-0.2, -0.15) is 4.98 Å². The summed E-state index contributed by atoms with van der Waals surface area (Å²) in [6.07, 6.45) is 5.63. The van der Waals surface area contributed by atoms with Gasteiger partial charge < -0.3 is 24.5 Å². The van der Waals surface area contributed by atoms with Crippen LogP contribution in [0.4, 0.5) is 4.79 Å². The van der Waals surface area contributed by atoms with Gasteiger partial charge in [-0.25, -0.2) is 4.79 Å². The molecule has 0 aliphatic carbocycles. The summed E-state index contributed by atoms with van der Waals surface area (Å²) in [5, 5.41) is 9.96. The number of rotatable bonds is 6. The van der Waals surface area contributed by atoms with Crippen LogP contribution in [0.1, 0.15) is 55.9 Å². The monoisotopic (exact) mass is 361 g/mol. The summed E-state index contributed by atoms with van der Waals surface area (Å²) < 4.78 is 12.9. The molecule has 2 N–H and O–H groups in total. The van der Waals surface area contributed by atoms with Gasteiger partial charge in [0.25, 0.3) is 0 Å². The van der Waals surface area contributed by atoms with Crippen LogP contribution in [-0.2, 0) is 18.3 Å². The molecule has 8 heteroatoms. The van der Waals surface area contributed by atoms with Crippen molar-refractivity contribution in [2.45, 2.75) is 45.2 Å². The predicted octanol–water partition coefficient (Wildman–Crippen LogP) is 2.50. The first-order chi connectivity index (χ1) is 12.5. The van der Waals surface area contributed by atoms with E-state index in [4.69, 9.17) is 9.26 Å². The molecule has 0 spiro atoms. The van der Waals surface area contributed by atoms with E-state index < -0.39 is 0 Å². The molecular formula is C18H27N5O3. The van der Waals surface area contributed by atoms with Crippen LogP contribution >= 0.6 is 0 Å². The largest absolute Gasteiger partial charge is 0.381 e. The molecule has 2 aromatic heterocycles. The van der Waals surface area contributed by atoms with E-state index in [0.717, 1.165) is 18.4 Å². The molecule has 26 heavy (non-hydrogen) atoms. The summed E-state index contributed by atoms with van der Waals surface area (Å²) in [6.45, 7) is 5.85. The number of aryl methyl sites for hydroxylation is 1. The van der Waals surface area contributed by atoms with E-state index in [1.807, 2.05) is 43.9 Å². The molecule has 8 nitrogen and oxygen atoms in total. The number of nitrogens with zero attached hydrogens (tertiary/aromatic N) is 3. The maximum Gasteiger partial charge on any atom is 0.315 e. The van der Waals surface area contributed by atoms with Crippen molar-refractivity contribution < 1.29 is 14.1 Å². The third-order valence-electron chi connectivity index (χ3n) is 4.61. The molecule has 1 saturated heterocycles. The Hall–Kier alpha value is -2.35. The number of carbonyl (C=O) groups excluding carboxylic acids is 1. The zero-order valence-electron chi connectivity index (χ0n) is 15.6. The van der Waals surface area contributed by atoms with Gasteiger partial charge in [0.1, 0.15) is 6.04 Å². The van der Waals surface area contributed by atoms with E-state index in [2.05, 4.69) is 20.8 Å². The van der Waals surface area contributed by atoms with Crippen molar-refractivity contribution >= 4 is 6.03 Å². The zero-order valence-corrected chi connectivity index (χ0v) is 15.6. The molecule has 1 aliphatic rings. The molecule has 3 rings (SSSR count). The fourth-order valence-electron chi connectivity index (χ4n) is 3.08. The lowest BCUT2D eigenvalue weighted by molar-refractivity contribution is 0.0503. The molecule has 1 fully saturated rings. The molecule has 2 amide bonds. The minimum Gasteiger partial charge on any atom is -0.381 e. The number of urea groups is 1. The summed E-state index contributed by atoms with van der Waals surface area (Å²) in [5.41, 5.74) is 1.05. The highest BCUT2D eigenvalue weighted by Crippen LogP contribution is 2.29. The molecule has 0 radical (unpaired) electrons. The van der Waals surface area contributed by atoms with Gasteiger partial charge in [0, 0.05) is 45.1 Å². The second kappa shape index (κ2) is 8.35. The van der Waals surface area contributed by atoms with Crippen molar-refractivity contribution in [2.75, 3.05) is 13.2 Å². The Balaban J connectivity index is 1.66. The number of amides is 2. The van der Waals surface area contributed by atoms with Crippen LogP contribution in [0.15, 0.2) is 23.0 Å². The van der Waals surface area contributed by atoms with Gasteiger partial charge in [-0.3, -0.25) is 0 Å². The van der Waals surface area contributed by atoms with Gasteiger partial charge in [-0.05, 0) is 30.4 Å². The van der Waals surface area contributed by atoms with E-state index in [1.54, 1.807) is 0 Å². The average molecular weight is 361 g/mol. The molecule has 0 aromatic carbocycles.